The first-order chi connectivity index (χ1) is 8.49. The molecule has 1 fully saturated rings. The second-order valence-electron chi connectivity index (χ2n) is 3.91. The van der Waals surface area contributed by atoms with Crippen molar-refractivity contribution in [3.63, 3.8) is 0 Å². The minimum atomic E-state index is -2.66. The zero-order chi connectivity index (χ0) is 13.3. The van der Waals surface area contributed by atoms with Crippen molar-refractivity contribution in [2.24, 2.45) is 0 Å². The lowest BCUT2D eigenvalue weighted by Gasteiger charge is -2.25. The van der Waals surface area contributed by atoms with Gasteiger partial charge in [-0.05, 0) is 6.92 Å². The van der Waals surface area contributed by atoms with E-state index >= 15 is 0 Å². The number of rotatable bonds is 5. The fourth-order valence-electron chi connectivity index (χ4n) is 1.34. The molecule has 0 saturated carbocycles. The number of aromatic nitrogens is 2. The normalized spacial score (nSPS) is 17.6. The van der Waals surface area contributed by atoms with Gasteiger partial charge in [0.05, 0.1) is 18.1 Å². The minimum absolute atomic E-state index is 0.249. The number of halogens is 2. The zero-order valence-electron chi connectivity index (χ0n) is 9.45. The van der Waals surface area contributed by atoms with Crippen LogP contribution >= 0.6 is 0 Å². The van der Waals surface area contributed by atoms with Gasteiger partial charge in [0, 0.05) is 0 Å². The summed E-state index contributed by atoms with van der Waals surface area (Å²) < 4.78 is 35.9. The number of nitrogens with zero attached hydrogens (tertiary/aromatic N) is 3. The molecular formula is C9H11F2N3O4. The molecule has 0 radical (unpaired) electrons. The third kappa shape index (κ3) is 2.40. The van der Waals surface area contributed by atoms with Gasteiger partial charge in [0.1, 0.15) is 18.3 Å². The molecule has 1 saturated heterocycles. The monoisotopic (exact) mass is 263 g/mol. The van der Waals surface area contributed by atoms with Crippen LogP contribution in [0.2, 0.25) is 0 Å². The van der Waals surface area contributed by atoms with Crippen molar-refractivity contribution in [1.29, 1.82) is 0 Å². The van der Waals surface area contributed by atoms with Crippen LogP contribution in [0, 0.1) is 10.1 Å². The van der Waals surface area contributed by atoms with Crippen molar-refractivity contribution in [3.8, 4) is 5.88 Å². The molecule has 0 spiro atoms. The molecule has 0 aliphatic carbocycles. The highest BCUT2D eigenvalue weighted by Crippen LogP contribution is 2.29. The van der Waals surface area contributed by atoms with E-state index in [-0.39, 0.29) is 12.0 Å². The van der Waals surface area contributed by atoms with E-state index in [2.05, 4.69) is 5.10 Å². The molecule has 0 amide bonds. The molecule has 0 bridgehead atoms. The van der Waals surface area contributed by atoms with Crippen LogP contribution in [0.1, 0.15) is 13.0 Å². The van der Waals surface area contributed by atoms with Crippen LogP contribution < -0.4 is 4.74 Å². The lowest BCUT2D eigenvalue weighted by atomic mass is 10.3. The third-order valence-electron chi connectivity index (χ3n) is 2.54. The van der Waals surface area contributed by atoms with Gasteiger partial charge in [-0.25, -0.2) is 8.78 Å². The summed E-state index contributed by atoms with van der Waals surface area (Å²) in [5.41, 5.74) is -0.422. The van der Waals surface area contributed by atoms with E-state index < -0.39 is 23.1 Å². The maximum atomic E-state index is 12.5. The predicted octanol–water partition coefficient (Wildman–Crippen LogP) is 1.39. The molecule has 0 unspecified atom stereocenters. The molecular weight excluding hydrogens is 252 g/mol. The summed E-state index contributed by atoms with van der Waals surface area (Å²) in [7, 11) is 0. The van der Waals surface area contributed by atoms with E-state index in [1.165, 1.54) is 6.92 Å². The number of alkyl halides is 2. The van der Waals surface area contributed by atoms with Gasteiger partial charge in [0.25, 0.3) is 6.43 Å². The Hall–Kier alpha value is -1.77. The lowest BCUT2D eigenvalue weighted by molar-refractivity contribution is -0.386. The van der Waals surface area contributed by atoms with Crippen molar-refractivity contribution in [2.75, 3.05) is 13.2 Å². The molecule has 9 heteroatoms. The SMILES string of the molecule is C[C@H](C(F)F)n1cc([N+](=O)[O-])c(OC2COC2)n1. The number of nitro groups is 1. The Morgan fingerprint density at radius 2 is 2.33 bits per heavy atom. The molecule has 1 aromatic heterocycles. The van der Waals surface area contributed by atoms with E-state index in [4.69, 9.17) is 9.47 Å². The Labute approximate surface area is 100 Å². The summed E-state index contributed by atoms with van der Waals surface area (Å²) in [6.45, 7) is 1.85. The molecule has 0 aromatic carbocycles. The molecule has 100 valence electrons. The Morgan fingerprint density at radius 3 is 2.78 bits per heavy atom. The van der Waals surface area contributed by atoms with Crippen LogP contribution in [0.5, 0.6) is 5.88 Å². The van der Waals surface area contributed by atoms with Crippen molar-refractivity contribution >= 4 is 5.69 Å². The fraction of sp³-hybridized carbons (Fsp3) is 0.667. The molecule has 7 nitrogen and oxygen atoms in total. The average Bonchev–Trinajstić information content (AvgIpc) is 2.66. The van der Waals surface area contributed by atoms with Gasteiger partial charge in [0.2, 0.25) is 0 Å². The molecule has 1 aliphatic rings. The van der Waals surface area contributed by atoms with Crippen LogP contribution in [-0.2, 0) is 4.74 Å². The maximum Gasteiger partial charge on any atom is 0.350 e. The van der Waals surface area contributed by atoms with Gasteiger partial charge in [-0.2, -0.15) is 0 Å². The van der Waals surface area contributed by atoms with Gasteiger partial charge >= 0.3 is 11.6 Å². The first kappa shape index (κ1) is 12.7. The van der Waals surface area contributed by atoms with E-state index in [0.717, 1.165) is 10.9 Å². The lowest BCUT2D eigenvalue weighted by Crippen LogP contribution is -2.38. The maximum absolute atomic E-state index is 12.5. The smallest absolute Gasteiger partial charge is 0.350 e. The van der Waals surface area contributed by atoms with E-state index in [0.29, 0.717) is 13.2 Å². The minimum Gasteiger partial charge on any atom is -0.464 e. The van der Waals surface area contributed by atoms with Gasteiger partial charge in [0.15, 0.2) is 0 Å². The summed E-state index contributed by atoms with van der Waals surface area (Å²) in [6.07, 6.45) is -2.02. The highest BCUT2D eigenvalue weighted by atomic mass is 19.3. The molecule has 2 heterocycles. The summed E-state index contributed by atoms with van der Waals surface area (Å²) in [4.78, 5) is 10.1. The third-order valence-corrected chi connectivity index (χ3v) is 2.54. The Balaban J connectivity index is 2.22. The molecule has 1 aromatic rings. The zero-order valence-corrected chi connectivity index (χ0v) is 9.45. The van der Waals surface area contributed by atoms with Crippen molar-refractivity contribution < 1.29 is 23.2 Å². The van der Waals surface area contributed by atoms with Gasteiger partial charge in [-0.3, -0.25) is 14.8 Å². The van der Waals surface area contributed by atoms with Crippen molar-refractivity contribution in [1.82, 2.24) is 9.78 Å². The van der Waals surface area contributed by atoms with Crippen LogP contribution in [-0.4, -0.2) is 40.4 Å². The van der Waals surface area contributed by atoms with Gasteiger partial charge in [-0.1, -0.05) is 0 Å². The topological polar surface area (TPSA) is 79.4 Å². The van der Waals surface area contributed by atoms with E-state index in [1.54, 1.807) is 0 Å². The Bertz CT molecular complexity index is 447. The van der Waals surface area contributed by atoms with Crippen LogP contribution in [0.25, 0.3) is 0 Å². The number of hydrogen-bond acceptors (Lipinski definition) is 5. The van der Waals surface area contributed by atoms with E-state index in [9.17, 15) is 18.9 Å². The summed E-state index contributed by atoms with van der Waals surface area (Å²) in [5.74, 6) is -0.249. The molecule has 1 aliphatic heterocycles. The fourth-order valence-corrected chi connectivity index (χ4v) is 1.34. The first-order valence-corrected chi connectivity index (χ1v) is 5.25. The molecule has 18 heavy (non-hydrogen) atoms. The molecule has 2 rings (SSSR count). The van der Waals surface area contributed by atoms with Crippen molar-refractivity contribution in [3.05, 3.63) is 16.3 Å². The highest BCUT2D eigenvalue weighted by molar-refractivity contribution is 5.38. The average molecular weight is 263 g/mol. The Kier molecular flexibility index (Phi) is 3.41. The van der Waals surface area contributed by atoms with Crippen LogP contribution in [0.4, 0.5) is 14.5 Å². The number of hydrogen-bond donors (Lipinski definition) is 0. The molecule has 0 N–H and O–H groups in total. The van der Waals surface area contributed by atoms with Gasteiger partial charge in [-0.15, -0.1) is 5.10 Å². The first-order valence-electron chi connectivity index (χ1n) is 5.25. The highest BCUT2D eigenvalue weighted by Gasteiger charge is 2.30. The summed E-state index contributed by atoms with van der Waals surface area (Å²) in [5, 5.41) is 14.5. The second kappa shape index (κ2) is 4.84. The number of ether oxygens (including phenoxy) is 2. The largest absolute Gasteiger partial charge is 0.464 e. The molecule has 1 atom stereocenters. The second-order valence-corrected chi connectivity index (χ2v) is 3.91. The van der Waals surface area contributed by atoms with E-state index in [1.807, 2.05) is 0 Å². The standard InChI is InChI=1S/C9H11F2N3O4/c1-5(8(10)11)13-2-7(14(15)16)9(12-13)18-6-3-17-4-6/h2,5-6,8H,3-4H2,1H3/t5-/m1/s1. The van der Waals surface area contributed by atoms with Gasteiger partial charge < -0.3 is 9.47 Å². The summed E-state index contributed by atoms with van der Waals surface area (Å²) in [6, 6.07) is -1.25. The summed E-state index contributed by atoms with van der Waals surface area (Å²) >= 11 is 0. The van der Waals surface area contributed by atoms with Crippen molar-refractivity contribution in [2.45, 2.75) is 25.5 Å². The van der Waals surface area contributed by atoms with Crippen LogP contribution in [0.15, 0.2) is 6.20 Å². The predicted molar refractivity (Wildman–Crippen MR) is 54.8 cm³/mol. The van der Waals surface area contributed by atoms with Crippen LogP contribution in [0.3, 0.4) is 0 Å². The Morgan fingerprint density at radius 1 is 1.67 bits per heavy atom. The quantitative estimate of drug-likeness (QED) is 0.592.